The molecular formula is C46H88N2O3. The van der Waals surface area contributed by atoms with Crippen LogP contribution in [0.25, 0.3) is 0 Å². The summed E-state index contributed by atoms with van der Waals surface area (Å²) in [6.45, 7) is 17.2. The third-order valence-corrected chi connectivity index (χ3v) is 10.5. The van der Waals surface area contributed by atoms with Gasteiger partial charge < -0.3 is 24.4 Å². The number of phenols is 1. The van der Waals surface area contributed by atoms with Gasteiger partial charge in [-0.05, 0) is 108 Å². The van der Waals surface area contributed by atoms with E-state index in [-0.39, 0.29) is 12.0 Å². The number of hydrogen-bond donors (Lipinski definition) is 1. The first-order valence-electron chi connectivity index (χ1n) is 22.6. The normalized spacial score (nSPS) is 12.4. The minimum absolute atomic E-state index is 0.248. The lowest BCUT2D eigenvalue weighted by atomic mass is 10.1. The third kappa shape index (κ3) is 30.8. The Bertz CT molecular complexity index is 787. The Morgan fingerprint density at radius 1 is 0.431 bits per heavy atom. The van der Waals surface area contributed by atoms with E-state index < -0.39 is 0 Å². The predicted octanol–water partition coefficient (Wildman–Crippen LogP) is 13.7. The summed E-state index contributed by atoms with van der Waals surface area (Å²) >= 11 is 0. The van der Waals surface area contributed by atoms with Crippen molar-refractivity contribution in [1.29, 1.82) is 0 Å². The Labute approximate surface area is 319 Å². The first kappa shape index (κ1) is 47.7. The summed E-state index contributed by atoms with van der Waals surface area (Å²) in [6, 6.07) is 7.13. The highest BCUT2D eigenvalue weighted by Gasteiger charge is 2.14. The average molecular weight is 717 g/mol. The molecule has 5 heteroatoms. The van der Waals surface area contributed by atoms with Gasteiger partial charge in [0, 0.05) is 6.42 Å². The van der Waals surface area contributed by atoms with E-state index >= 15 is 0 Å². The molecule has 0 amide bonds. The van der Waals surface area contributed by atoms with Gasteiger partial charge in [0.15, 0.2) is 6.29 Å². The van der Waals surface area contributed by atoms with Crippen molar-refractivity contribution in [3.63, 3.8) is 0 Å². The van der Waals surface area contributed by atoms with Gasteiger partial charge in [-0.2, -0.15) is 0 Å². The molecule has 0 bridgehead atoms. The largest absolute Gasteiger partial charge is 0.508 e. The SMILES string of the molecule is CCCCCCCCN(CCCCCCCC)CCCCOC(CCCN(CCCCCCCC)CCCCCCCC)Oc1ccc(O)cc1. The van der Waals surface area contributed by atoms with Crippen LogP contribution in [0.2, 0.25) is 0 Å². The summed E-state index contributed by atoms with van der Waals surface area (Å²) in [6.07, 6.45) is 36.7. The second kappa shape index (κ2) is 37.0. The Morgan fingerprint density at radius 3 is 1.16 bits per heavy atom. The maximum absolute atomic E-state index is 9.81. The molecule has 1 unspecified atom stereocenters. The van der Waals surface area contributed by atoms with Crippen LogP contribution >= 0.6 is 0 Å². The van der Waals surface area contributed by atoms with Gasteiger partial charge in [0.25, 0.3) is 0 Å². The van der Waals surface area contributed by atoms with Crippen LogP contribution in [0.4, 0.5) is 0 Å². The second-order valence-corrected chi connectivity index (χ2v) is 15.5. The fourth-order valence-electron chi connectivity index (χ4n) is 7.12. The zero-order valence-electron chi connectivity index (χ0n) is 34.8. The standard InChI is InChI=1S/C46H88N2O3/c1-5-9-13-17-21-25-37-47(38-26-22-18-14-10-6-2)41-29-30-43-50-46(51-45-35-33-44(49)34-36-45)32-31-42-48(39-27-23-19-15-11-7-3)40-28-24-20-16-12-8-4/h33-36,46,49H,5-32,37-43H2,1-4H3. The number of rotatable bonds is 40. The predicted molar refractivity (Wildman–Crippen MR) is 223 cm³/mol. The zero-order chi connectivity index (χ0) is 36.9. The van der Waals surface area contributed by atoms with Crippen LogP contribution in [0.15, 0.2) is 24.3 Å². The van der Waals surface area contributed by atoms with Crippen LogP contribution in [-0.4, -0.2) is 67.1 Å². The molecule has 0 fully saturated rings. The van der Waals surface area contributed by atoms with Gasteiger partial charge in [0.05, 0.1) is 6.61 Å². The number of aromatic hydroxyl groups is 1. The van der Waals surface area contributed by atoms with Gasteiger partial charge in [0.1, 0.15) is 11.5 Å². The maximum atomic E-state index is 9.81. The van der Waals surface area contributed by atoms with Gasteiger partial charge in [-0.1, -0.05) is 156 Å². The molecule has 0 heterocycles. The van der Waals surface area contributed by atoms with Crippen LogP contribution < -0.4 is 4.74 Å². The molecule has 1 rings (SSSR count). The van der Waals surface area contributed by atoms with Crippen molar-refractivity contribution >= 4 is 0 Å². The highest BCUT2D eigenvalue weighted by molar-refractivity contribution is 5.30. The molecule has 0 spiro atoms. The summed E-state index contributed by atoms with van der Waals surface area (Å²) in [5.74, 6) is 1.05. The van der Waals surface area contributed by atoms with Crippen molar-refractivity contribution in [1.82, 2.24) is 9.80 Å². The van der Waals surface area contributed by atoms with Crippen molar-refractivity contribution in [2.75, 3.05) is 45.9 Å². The number of benzene rings is 1. The van der Waals surface area contributed by atoms with Crippen molar-refractivity contribution in [3.8, 4) is 11.5 Å². The summed E-state index contributed by atoms with van der Waals surface area (Å²) in [7, 11) is 0. The molecule has 5 nitrogen and oxygen atoms in total. The fourth-order valence-corrected chi connectivity index (χ4v) is 7.12. The molecule has 51 heavy (non-hydrogen) atoms. The van der Waals surface area contributed by atoms with E-state index in [1.54, 1.807) is 12.1 Å². The van der Waals surface area contributed by atoms with E-state index in [1.165, 1.54) is 193 Å². The molecule has 1 aromatic carbocycles. The van der Waals surface area contributed by atoms with Crippen LogP contribution in [0.1, 0.15) is 207 Å². The monoisotopic (exact) mass is 717 g/mol. The van der Waals surface area contributed by atoms with Crippen LogP contribution in [-0.2, 0) is 4.74 Å². The molecule has 0 aliphatic heterocycles. The number of phenolic OH excluding ortho intramolecular Hbond substituents is 1. The smallest absolute Gasteiger partial charge is 0.199 e. The minimum atomic E-state index is -0.248. The molecule has 1 N–H and O–H groups in total. The van der Waals surface area contributed by atoms with E-state index in [9.17, 15) is 5.11 Å². The minimum Gasteiger partial charge on any atom is -0.508 e. The number of nitrogens with zero attached hydrogens (tertiary/aromatic N) is 2. The Kier molecular flexibility index (Phi) is 34.7. The maximum Gasteiger partial charge on any atom is 0.199 e. The molecule has 0 saturated heterocycles. The molecular weight excluding hydrogens is 629 g/mol. The fraction of sp³-hybridized carbons (Fsp3) is 0.870. The van der Waals surface area contributed by atoms with Crippen LogP contribution in [0.5, 0.6) is 11.5 Å². The quantitative estimate of drug-likeness (QED) is 0.0541. The van der Waals surface area contributed by atoms with Crippen LogP contribution in [0.3, 0.4) is 0 Å². The highest BCUT2D eigenvalue weighted by atomic mass is 16.7. The zero-order valence-corrected chi connectivity index (χ0v) is 34.8. The molecule has 300 valence electrons. The van der Waals surface area contributed by atoms with E-state index in [2.05, 4.69) is 37.5 Å². The number of unbranched alkanes of at least 4 members (excludes halogenated alkanes) is 21. The molecule has 1 aromatic rings. The van der Waals surface area contributed by atoms with Gasteiger partial charge in [0.2, 0.25) is 0 Å². The van der Waals surface area contributed by atoms with Crippen molar-refractivity contribution in [3.05, 3.63) is 24.3 Å². The first-order chi connectivity index (χ1) is 25.1. The topological polar surface area (TPSA) is 45.2 Å². The lowest BCUT2D eigenvalue weighted by molar-refractivity contribution is -0.0873. The Morgan fingerprint density at radius 2 is 0.765 bits per heavy atom. The van der Waals surface area contributed by atoms with Gasteiger partial charge >= 0.3 is 0 Å². The lowest BCUT2D eigenvalue weighted by Crippen LogP contribution is -2.29. The van der Waals surface area contributed by atoms with Gasteiger partial charge in [-0.15, -0.1) is 0 Å². The number of hydrogen-bond acceptors (Lipinski definition) is 5. The van der Waals surface area contributed by atoms with Crippen LogP contribution in [0, 0.1) is 0 Å². The Balaban J connectivity index is 2.61. The van der Waals surface area contributed by atoms with Gasteiger partial charge in [-0.25, -0.2) is 0 Å². The van der Waals surface area contributed by atoms with E-state index in [0.717, 1.165) is 38.2 Å². The summed E-state index contributed by atoms with van der Waals surface area (Å²) < 4.78 is 12.8. The Hall–Kier alpha value is -1.30. The second-order valence-electron chi connectivity index (χ2n) is 15.5. The molecule has 0 aromatic heterocycles. The van der Waals surface area contributed by atoms with Crippen molar-refractivity contribution in [2.24, 2.45) is 0 Å². The van der Waals surface area contributed by atoms with Crippen molar-refractivity contribution < 1.29 is 14.6 Å². The van der Waals surface area contributed by atoms with Gasteiger partial charge in [-0.3, -0.25) is 0 Å². The first-order valence-corrected chi connectivity index (χ1v) is 22.6. The molecule has 1 atom stereocenters. The van der Waals surface area contributed by atoms with E-state index in [1.807, 2.05) is 12.1 Å². The summed E-state index contributed by atoms with van der Waals surface area (Å²) in [4.78, 5) is 5.46. The average Bonchev–Trinajstić information content (AvgIpc) is 3.13. The third-order valence-electron chi connectivity index (χ3n) is 10.5. The summed E-state index contributed by atoms with van der Waals surface area (Å²) in [5, 5.41) is 9.81. The molecule has 0 radical (unpaired) electrons. The van der Waals surface area contributed by atoms with Crippen molar-refractivity contribution in [2.45, 2.75) is 214 Å². The lowest BCUT2D eigenvalue weighted by Gasteiger charge is -2.25. The molecule has 0 saturated carbocycles. The van der Waals surface area contributed by atoms with E-state index in [0.29, 0.717) is 0 Å². The summed E-state index contributed by atoms with van der Waals surface area (Å²) in [5.41, 5.74) is 0. The van der Waals surface area contributed by atoms with E-state index in [4.69, 9.17) is 9.47 Å². The molecule has 0 aliphatic rings. The highest BCUT2D eigenvalue weighted by Crippen LogP contribution is 2.20. The number of ether oxygens (including phenoxy) is 2. The molecule has 0 aliphatic carbocycles.